The molecule has 0 aromatic carbocycles. The molecule has 22 heavy (non-hydrogen) atoms. The van der Waals surface area contributed by atoms with Gasteiger partial charge in [0.05, 0.1) is 17.9 Å². The quantitative estimate of drug-likeness (QED) is 0.894. The van der Waals surface area contributed by atoms with Gasteiger partial charge in [-0.1, -0.05) is 12.1 Å². The summed E-state index contributed by atoms with van der Waals surface area (Å²) in [4.78, 5) is 14.5. The van der Waals surface area contributed by atoms with Crippen LogP contribution in [0.2, 0.25) is 0 Å². The van der Waals surface area contributed by atoms with Crippen molar-refractivity contribution in [1.82, 2.24) is 20.7 Å². The second kappa shape index (κ2) is 5.15. The van der Waals surface area contributed by atoms with E-state index in [9.17, 15) is 4.79 Å². The molecule has 2 unspecified atom stereocenters. The molecule has 3 heterocycles. The average molecular weight is 301 g/mol. The lowest BCUT2D eigenvalue weighted by Gasteiger charge is -2.16. The zero-order chi connectivity index (χ0) is 15.1. The third kappa shape index (κ3) is 2.47. The number of carbonyl (C=O) groups excluding carboxylic acids is 1. The van der Waals surface area contributed by atoms with Crippen molar-refractivity contribution in [2.45, 2.75) is 31.7 Å². The predicted molar refractivity (Wildman–Crippen MR) is 79.7 cm³/mol. The molecule has 7 nitrogen and oxygen atoms in total. The number of H-pyrrole nitrogens is 1. The number of nitrogens with one attached hydrogen (secondary N) is 2. The van der Waals surface area contributed by atoms with Crippen LogP contribution in [0.1, 0.15) is 41.9 Å². The second-order valence-corrected chi connectivity index (χ2v) is 6.31. The molecule has 2 aromatic rings. The Bertz CT molecular complexity index is 661. The highest BCUT2D eigenvalue weighted by Gasteiger charge is 2.33. The van der Waals surface area contributed by atoms with Crippen LogP contribution in [0.15, 0.2) is 23.0 Å². The van der Waals surface area contributed by atoms with Gasteiger partial charge in [0.2, 0.25) is 0 Å². The predicted octanol–water partition coefficient (Wildman–Crippen LogP) is 1.53. The molecule has 2 aliphatic rings. The van der Waals surface area contributed by atoms with Gasteiger partial charge in [0.1, 0.15) is 5.76 Å². The van der Waals surface area contributed by atoms with Gasteiger partial charge in [0, 0.05) is 31.3 Å². The summed E-state index contributed by atoms with van der Waals surface area (Å²) in [5, 5.41) is 13.8. The summed E-state index contributed by atoms with van der Waals surface area (Å²) in [6.45, 7) is 3.82. The van der Waals surface area contributed by atoms with Gasteiger partial charge in [-0.2, -0.15) is 5.10 Å². The molecule has 116 valence electrons. The van der Waals surface area contributed by atoms with E-state index in [2.05, 4.69) is 32.5 Å². The number of carbonyl (C=O) groups is 1. The topological polar surface area (TPSA) is 87.0 Å². The lowest BCUT2D eigenvalue weighted by Crippen LogP contribution is -2.40. The van der Waals surface area contributed by atoms with Crippen molar-refractivity contribution in [3.05, 3.63) is 29.9 Å². The van der Waals surface area contributed by atoms with E-state index in [-0.39, 0.29) is 11.9 Å². The van der Waals surface area contributed by atoms with Gasteiger partial charge in [-0.05, 0) is 18.8 Å². The van der Waals surface area contributed by atoms with Gasteiger partial charge < -0.3 is 14.7 Å². The van der Waals surface area contributed by atoms with Crippen molar-refractivity contribution >= 4 is 11.6 Å². The zero-order valence-electron chi connectivity index (χ0n) is 12.5. The Labute approximate surface area is 128 Å². The van der Waals surface area contributed by atoms with Gasteiger partial charge >= 0.3 is 0 Å². The molecule has 2 aromatic heterocycles. The summed E-state index contributed by atoms with van der Waals surface area (Å²) in [5.74, 6) is 1.52. The van der Waals surface area contributed by atoms with Crippen molar-refractivity contribution in [2.24, 2.45) is 5.92 Å². The van der Waals surface area contributed by atoms with Crippen LogP contribution in [0.3, 0.4) is 0 Å². The highest BCUT2D eigenvalue weighted by molar-refractivity contribution is 5.92. The molecule has 0 spiro atoms. The maximum Gasteiger partial charge on any atom is 0.273 e. The third-order valence-electron chi connectivity index (χ3n) is 4.52. The minimum Gasteiger partial charge on any atom is -0.367 e. The number of hydrogen-bond donors (Lipinski definition) is 2. The lowest BCUT2D eigenvalue weighted by molar-refractivity contribution is 0.0924. The molecule has 0 radical (unpaired) electrons. The average Bonchev–Trinajstić information content (AvgIpc) is 2.96. The number of hydrogen-bond acceptors (Lipinski definition) is 5. The van der Waals surface area contributed by atoms with Gasteiger partial charge in [0.25, 0.3) is 5.91 Å². The highest BCUT2D eigenvalue weighted by Crippen LogP contribution is 2.40. The van der Waals surface area contributed by atoms with E-state index in [4.69, 9.17) is 4.52 Å². The van der Waals surface area contributed by atoms with Crippen LogP contribution in [-0.4, -0.2) is 40.4 Å². The Morgan fingerprint density at radius 1 is 1.45 bits per heavy atom. The molecule has 1 aliphatic heterocycles. The summed E-state index contributed by atoms with van der Waals surface area (Å²) in [5.41, 5.74) is 1.44. The number of aromatic amines is 1. The Morgan fingerprint density at radius 2 is 2.32 bits per heavy atom. The Balaban J connectivity index is 1.40. The molecule has 1 saturated carbocycles. The minimum atomic E-state index is -0.151. The van der Waals surface area contributed by atoms with Crippen molar-refractivity contribution in [3.8, 4) is 0 Å². The van der Waals surface area contributed by atoms with E-state index in [1.54, 1.807) is 12.3 Å². The minimum absolute atomic E-state index is 0.100. The normalized spacial score (nSPS) is 24.7. The van der Waals surface area contributed by atoms with Crippen LogP contribution in [0.25, 0.3) is 0 Å². The van der Waals surface area contributed by atoms with E-state index in [1.165, 1.54) is 0 Å². The molecule has 4 rings (SSSR count). The first-order valence-electron chi connectivity index (χ1n) is 7.72. The number of nitrogens with zero attached hydrogens (tertiary/aromatic N) is 3. The van der Waals surface area contributed by atoms with E-state index in [1.807, 2.05) is 6.20 Å². The third-order valence-corrected chi connectivity index (χ3v) is 4.52. The van der Waals surface area contributed by atoms with Crippen LogP contribution in [0, 0.1) is 5.92 Å². The fourth-order valence-electron chi connectivity index (χ4n) is 2.98. The summed E-state index contributed by atoms with van der Waals surface area (Å²) in [6.07, 6.45) is 5.94. The molecular formula is C15H19N5O2. The number of rotatable bonds is 4. The molecule has 7 heteroatoms. The Hall–Kier alpha value is -2.31. The van der Waals surface area contributed by atoms with E-state index < -0.39 is 0 Å². The van der Waals surface area contributed by atoms with Crippen LogP contribution in [-0.2, 0) is 0 Å². The van der Waals surface area contributed by atoms with Crippen molar-refractivity contribution in [3.63, 3.8) is 0 Å². The molecule has 2 fully saturated rings. The van der Waals surface area contributed by atoms with Gasteiger partial charge in [-0.15, -0.1) is 0 Å². The highest BCUT2D eigenvalue weighted by atomic mass is 16.5. The molecule has 1 amide bonds. The molecule has 1 saturated heterocycles. The largest absolute Gasteiger partial charge is 0.367 e. The second-order valence-electron chi connectivity index (χ2n) is 6.31. The van der Waals surface area contributed by atoms with Crippen molar-refractivity contribution < 1.29 is 9.32 Å². The summed E-state index contributed by atoms with van der Waals surface area (Å²) in [7, 11) is 0. The summed E-state index contributed by atoms with van der Waals surface area (Å²) >= 11 is 0. The van der Waals surface area contributed by atoms with E-state index in [0.717, 1.165) is 37.4 Å². The number of anilines is 1. The van der Waals surface area contributed by atoms with Crippen LogP contribution in [0.4, 0.5) is 5.69 Å². The van der Waals surface area contributed by atoms with E-state index in [0.29, 0.717) is 17.5 Å². The van der Waals surface area contributed by atoms with Crippen molar-refractivity contribution in [2.75, 3.05) is 18.0 Å². The fourth-order valence-corrected chi connectivity index (χ4v) is 2.98. The van der Waals surface area contributed by atoms with Crippen molar-refractivity contribution in [1.29, 1.82) is 0 Å². The molecular weight excluding hydrogens is 282 g/mol. The Kier molecular flexibility index (Phi) is 3.13. The summed E-state index contributed by atoms with van der Waals surface area (Å²) in [6, 6.07) is 1.88. The molecule has 2 N–H and O–H groups in total. The monoisotopic (exact) mass is 301 g/mol. The first kappa shape index (κ1) is 13.4. The van der Waals surface area contributed by atoms with Gasteiger partial charge in [-0.3, -0.25) is 9.89 Å². The van der Waals surface area contributed by atoms with Crippen LogP contribution < -0.4 is 10.2 Å². The van der Waals surface area contributed by atoms with Gasteiger partial charge in [-0.25, -0.2) is 0 Å². The maximum atomic E-state index is 12.3. The standard InChI is InChI=1S/C15H19N5O2/c1-9-7-20(11-5-16-17-6-11)8-13(9)18-15(21)12-4-14(22-19-12)10-2-3-10/h4-6,9-10,13H,2-3,7-8H2,1H3,(H,16,17)(H,18,21). The summed E-state index contributed by atoms with van der Waals surface area (Å²) < 4.78 is 5.25. The maximum absolute atomic E-state index is 12.3. The SMILES string of the molecule is CC1CN(c2cn[nH]c2)CC1NC(=O)c1cc(C2CC2)on1. The first-order valence-corrected chi connectivity index (χ1v) is 7.72. The Morgan fingerprint density at radius 3 is 3.05 bits per heavy atom. The first-order chi connectivity index (χ1) is 10.7. The zero-order valence-corrected chi connectivity index (χ0v) is 12.5. The van der Waals surface area contributed by atoms with Gasteiger partial charge in [0.15, 0.2) is 5.69 Å². The fraction of sp³-hybridized carbons (Fsp3) is 0.533. The lowest BCUT2D eigenvalue weighted by atomic mass is 10.1. The molecule has 2 atom stereocenters. The van der Waals surface area contributed by atoms with Crippen LogP contribution >= 0.6 is 0 Å². The number of aromatic nitrogens is 3. The van der Waals surface area contributed by atoms with E-state index >= 15 is 0 Å². The molecule has 0 bridgehead atoms. The smallest absolute Gasteiger partial charge is 0.273 e. The molecule has 1 aliphatic carbocycles. The van der Waals surface area contributed by atoms with Crippen LogP contribution in [0.5, 0.6) is 0 Å². The number of amides is 1.